The molecule has 1 aliphatic heterocycles. The molecule has 1 N–H and O–H groups in total. The topological polar surface area (TPSA) is 62.3 Å². The average Bonchev–Trinajstić information content (AvgIpc) is 3.06. The van der Waals surface area contributed by atoms with Crippen LogP contribution in [0.15, 0.2) is 24.5 Å². The number of amides is 2. The molecular formula is C21H31N3O2S. The van der Waals surface area contributed by atoms with Gasteiger partial charge in [0.2, 0.25) is 0 Å². The summed E-state index contributed by atoms with van der Waals surface area (Å²) in [6.07, 6.45) is 11.8. The minimum absolute atomic E-state index is 0.00563. The highest BCUT2D eigenvalue weighted by atomic mass is 32.2. The van der Waals surface area contributed by atoms with Gasteiger partial charge < -0.3 is 0 Å². The first kappa shape index (κ1) is 20.2. The number of hydrogen-bond acceptors (Lipinski definition) is 4. The van der Waals surface area contributed by atoms with Gasteiger partial charge in [-0.15, -0.1) is 11.8 Å². The van der Waals surface area contributed by atoms with Crippen LogP contribution >= 0.6 is 11.8 Å². The maximum absolute atomic E-state index is 12.4. The number of aromatic nitrogens is 1. The monoisotopic (exact) mass is 389 g/mol. The van der Waals surface area contributed by atoms with Gasteiger partial charge in [-0.05, 0) is 62.0 Å². The largest absolute Gasteiger partial charge is 0.272 e. The molecule has 148 valence electrons. The van der Waals surface area contributed by atoms with E-state index in [-0.39, 0.29) is 17.2 Å². The van der Waals surface area contributed by atoms with Gasteiger partial charge in [0.15, 0.2) is 0 Å². The van der Waals surface area contributed by atoms with Crippen molar-refractivity contribution in [2.45, 2.75) is 64.2 Å². The molecule has 1 aromatic rings. The molecule has 6 heteroatoms. The van der Waals surface area contributed by atoms with Gasteiger partial charge in [0.25, 0.3) is 11.8 Å². The second-order valence-electron chi connectivity index (χ2n) is 7.91. The van der Waals surface area contributed by atoms with Gasteiger partial charge in [0.05, 0.1) is 11.1 Å². The van der Waals surface area contributed by atoms with Crippen LogP contribution in [-0.4, -0.2) is 32.9 Å². The summed E-state index contributed by atoms with van der Waals surface area (Å²) in [6, 6.07) is 3.33. The number of hydrazine groups is 1. The van der Waals surface area contributed by atoms with E-state index in [1.807, 2.05) is 0 Å². The van der Waals surface area contributed by atoms with Crippen LogP contribution < -0.4 is 5.43 Å². The third kappa shape index (κ3) is 5.24. The molecule has 2 aliphatic rings. The van der Waals surface area contributed by atoms with Gasteiger partial charge in [-0.25, -0.2) is 5.01 Å². The maximum Gasteiger partial charge on any atom is 0.270 e. The first-order chi connectivity index (χ1) is 13.1. The van der Waals surface area contributed by atoms with Gasteiger partial charge in [0, 0.05) is 18.0 Å². The fraction of sp³-hybridized carbons (Fsp3) is 0.667. The van der Waals surface area contributed by atoms with Gasteiger partial charge in [-0.1, -0.05) is 26.7 Å². The summed E-state index contributed by atoms with van der Waals surface area (Å²) < 4.78 is 0. The van der Waals surface area contributed by atoms with Crippen molar-refractivity contribution >= 4 is 23.6 Å². The van der Waals surface area contributed by atoms with Crippen LogP contribution in [0.25, 0.3) is 0 Å². The molecule has 0 spiro atoms. The molecule has 2 fully saturated rings. The predicted molar refractivity (Wildman–Crippen MR) is 109 cm³/mol. The Bertz CT molecular complexity index is 628. The van der Waals surface area contributed by atoms with Crippen molar-refractivity contribution in [1.82, 2.24) is 15.4 Å². The summed E-state index contributed by atoms with van der Waals surface area (Å²) in [4.78, 5) is 28.6. The molecule has 2 heterocycles. The van der Waals surface area contributed by atoms with Crippen molar-refractivity contribution in [3.8, 4) is 0 Å². The van der Waals surface area contributed by atoms with E-state index in [1.165, 1.54) is 32.1 Å². The summed E-state index contributed by atoms with van der Waals surface area (Å²) in [7, 11) is 0. The maximum atomic E-state index is 12.4. The molecule has 1 saturated carbocycles. The zero-order valence-corrected chi connectivity index (χ0v) is 17.2. The minimum Gasteiger partial charge on any atom is -0.272 e. The number of hydrogen-bond donors (Lipinski definition) is 1. The minimum atomic E-state index is -0.243. The standard InChI is InChI=1S/C21H31N3O2S/c1-3-15-11-16(4-2)13-17(12-15)5-6-20-24(19(25)14-27-20)23-21(26)18-7-9-22-10-8-18/h7-10,15-17,20H,3-6,11-14H2,1-2H3,(H,23,26). The number of carbonyl (C=O) groups is 2. The molecule has 2 amide bonds. The third-order valence-corrected chi connectivity index (χ3v) is 7.34. The van der Waals surface area contributed by atoms with E-state index in [2.05, 4.69) is 24.3 Å². The highest BCUT2D eigenvalue weighted by molar-refractivity contribution is 8.00. The Morgan fingerprint density at radius 1 is 1.11 bits per heavy atom. The SMILES string of the molecule is CCC1CC(CC)CC(CCC2SCC(=O)N2NC(=O)c2ccncc2)C1. The van der Waals surface area contributed by atoms with Crippen LogP contribution in [0.5, 0.6) is 0 Å². The lowest BCUT2D eigenvalue weighted by Gasteiger charge is -2.35. The van der Waals surface area contributed by atoms with Crippen LogP contribution in [0.2, 0.25) is 0 Å². The summed E-state index contributed by atoms with van der Waals surface area (Å²) in [6.45, 7) is 4.61. The lowest BCUT2D eigenvalue weighted by molar-refractivity contribution is -0.130. The number of thioether (sulfide) groups is 1. The summed E-state index contributed by atoms with van der Waals surface area (Å²) >= 11 is 1.65. The Balaban J connectivity index is 1.55. The zero-order valence-electron chi connectivity index (χ0n) is 16.4. The van der Waals surface area contributed by atoms with Gasteiger partial charge >= 0.3 is 0 Å². The van der Waals surface area contributed by atoms with Crippen molar-refractivity contribution in [2.75, 3.05) is 5.75 Å². The van der Waals surface area contributed by atoms with Gasteiger partial charge in [-0.3, -0.25) is 20.0 Å². The smallest absolute Gasteiger partial charge is 0.270 e. The van der Waals surface area contributed by atoms with E-state index in [0.717, 1.165) is 30.6 Å². The number of nitrogens with one attached hydrogen (secondary N) is 1. The molecule has 1 aliphatic carbocycles. The predicted octanol–water partition coefficient (Wildman–Crippen LogP) is 4.26. The van der Waals surface area contributed by atoms with E-state index in [0.29, 0.717) is 11.3 Å². The molecule has 0 aromatic carbocycles. The van der Waals surface area contributed by atoms with Crippen molar-refractivity contribution in [3.05, 3.63) is 30.1 Å². The normalized spacial score (nSPS) is 28.4. The van der Waals surface area contributed by atoms with E-state index in [9.17, 15) is 9.59 Å². The number of carbonyl (C=O) groups excluding carboxylic acids is 2. The molecule has 1 aromatic heterocycles. The van der Waals surface area contributed by atoms with E-state index >= 15 is 0 Å². The van der Waals surface area contributed by atoms with E-state index in [1.54, 1.807) is 41.3 Å². The number of nitrogens with zero attached hydrogens (tertiary/aromatic N) is 2. The van der Waals surface area contributed by atoms with Crippen molar-refractivity contribution in [2.24, 2.45) is 17.8 Å². The van der Waals surface area contributed by atoms with Crippen molar-refractivity contribution in [1.29, 1.82) is 0 Å². The number of rotatable bonds is 7. The van der Waals surface area contributed by atoms with E-state index in [4.69, 9.17) is 0 Å². The molecule has 27 heavy (non-hydrogen) atoms. The highest BCUT2D eigenvalue weighted by Crippen LogP contribution is 2.40. The Hall–Kier alpha value is -1.56. The second kappa shape index (κ2) is 9.58. The molecule has 3 atom stereocenters. The van der Waals surface area contributed by atoms with E-state index < -0.39 is 0 Å². The first-order valence-corrected chi connectivity index (χ1v) is 11.3. The van der Waals surface area contributed by atoms with Crippen LogP contribution in [0.4, 0.5) is 0 Å². The first-order valence-electron chi connectivity index (χ1n) is 10.2. The third-order valence-electron chi connectivity index (χ3n) is 6.10. The average molecular weight is 390 g/mol. The molecule has 1 saturated heterocycles. The zero-order chi connectivity index (χ0) is 19.2. The number of pyridine rings is 1. The molecule has 5 nitrogen and oxygen atoms in total. The molecular weight excluding hydrogens is 358 g/mol. The summed E-state index contributed by atoms with van der Waals surface area (Å²) in [5.41, 5.74) is 3.34. The second-order valence-corrected chi connectivity index (χ2v) is 9.07. The molecule has 0 bridgehead atoms. The van der Waals surface area contributed by atoms with Crippen molar-refractivity contribution in [3.63, 3.8) is 0 Å². The van der Waals surface area contributed by atoms with Crippen LogP contribution in [-0.2, 0) is 4.79 Å². The summed E-state index contributed by atoms with van der Waals surface area (Å²) in [5, 5.41) is 1.61. The van der Waals surface area contributed by atoms with Gasteiger partial charge in [-0.2, -0.15) is 0 Å². The summed E-state index contributed by atoms with van der Waals surface area (Å²) in [5.74, 6) is 2.66. The highest BCUT2D eigenvalue weighted by Gasteiger charge is 2.34. The van der Waals surface area contributed by atoms with Crippen molar-refractivity contribution < 1.29 is 9.59 Å². The molecule has 3 rings (SSSR count). The molecule has 0 radical (unpaired) electrons. The Kier molecular flexibility index (Phi) is 7.16. The lowest BCUT2D eigenvalue weighted by atomic mass is 9.72. The molecule has 3 unspecified atom stereocenters. The van der Waals surface area contributed by atoms with Gasteiger partial charge in [0.1, 0.15) is 0 Å². The Labute approximate surface area is 166 Å². The van der Waals surface area contributed by atoms with Crippen LogP contribution in [0.1, 0.15) is 69.2 Å². The Morgan fingerprint density at radius 3 is 2.37 bits per heavy atom. The van der Waals surface area contributed by atoms with Crippen LogP contribution in [0.3, 0.4) is 0 Å². The lowest BCUT2D eigenvalue weighted by Crippen LogP contribution is -2.47. The Morgan fingerprint density at radius 2 is 1.74 bits per heavy atom. The fourth-order valence-corrected chi connectivity index (χ4v) is 5.58. The fourth-order valence-electron chi connectivity index (χ4n) is 4.48. The quantitative estimate of drug-likeness (QED) is 0.757. The van der Waals surface area contributed by atoms with Crippen LogP contribution in [0, 0.1) is 17.8 Å².